The number of carboxylic acid groups (broad SMARTS) is 1. The predicted molar refractivity (Wildman–Crippen MR) is 96.4 cm³/mol. The molecule has 0 heterocycles. The molecule has 0 bridgehead atoms. The van der Waals surface area contributed by atoms with Gasteiger partial charge in [-0.05, 0) is 24.3 Å². The van der Waals surface area contributed by atoms with E-state index >= 15 is 0 Å². The van der Waals surface area contributed by atoms with E-state index in [1.54, 1.807) is 0 Å². The Morgan fingerprint density at radius 2 is 1.84 bits per heavy atom. The molecule has 0 saturated carbocycles. The molecule has 0 aliphatic carbocycles. The minimum Gasteiger partial charge on any atom is -0.480 e. The Bertz CT molecular complexity index is 635. The number of nitrogens with zero attached hydrogens (tertiary/aromatic N) is 1. The third-order valence-electron chi connectivity index (χ3n) is 3.85. The lowest BCUT2D eigenvalue weighted by Gasteiger charge is -2.35. The first-order chi connectivity index (χ1) is 11.6. The van der Waals surface area contributed by atoms with Crippen molar-refractivity contribution >= 4 is 19.4 Å². The molecule has 0 aliphatic rings. The van der Waals surface area contributed by atoms with Crippen LogP contribution in [0.2, 0.25) is 0 Å². The summed E-state index contributed by atoms with van der Waals surface area (Å²) in [6.45, 7) is 4.89. The predicted octanol–water partition coefficient (Wildman–Crippen LogP) is 2.35. The highest BCUT2D eigenvalue weighted by Gasteiger charge is 2.42. The van der Waals surface area contributed by atoms with Gasteiger partial charge in [-0.2, -0.15) is 0 Å². The van der Waals surface area contributed by atoms with E-state index in [2.05, 4.69) is 0 Å². The molecule has 25 heavy (non-hydrogen) atoms. The average molecular weight is 370 g/mol. The number of aliphatic carboxylic acids is 1. The maximum atomic E-state index is 12.9. The van der Waals surface area contributed by atoms with Gasteiger partial charge in [0, 0.05) is 13.8 Å². The Kier molecular flexibility index (Phi) is 7.80. The van der Waals surface area contributed by atoms with Gasteiger partial charge in [-0.3, -0.25) is 14.0 Å². The van der Waals surface area contributed by atoms with Crippen molar-refractivity contribution in [3.63, 3.8) is 0 Å². The topological polar surface area (TPSA) is 110 Å². The molecule has 3 atom stereocenters. The lowest BCUT2D eigenvalue weighted by Crippen LogP contribution is -2.50. The standard InChI is InChI=1S/C17H27N2O5P/c1-12(2)10-15(17(21)22)19(25(4,23)24-3)16(20)14(18)11-13-8-6-5-7-9-13/h5-9,12,14-15H,10-11,18H2,1-4H3,(H,21,22)/t14-,15-,25?/m0/s1. The number of carbonyl (C=O) groups excluding carboxylic acids is 1. The van der Waals surface area contributed by atoms with Gasteiger partial charge in [0.2, 0.25) is 5.91 Å². The second-order valence-corrected chi connectivity index (χ2v) is 8.85. The van der Waals surface area contributed by atoms with Gasteiger partial charge in [0.1, 0.15) is 6.04 Å². The highest BCUT2D eigenvalue weighted by molar-refractivity contribution is 7.56. The Hall–Kier alpha value is -1.69. The number of rotatable bonds is 9. The van der Waals surface area contributed by atoms with Crippen LogP contribution in [0.15, 0.2) is 30.3 Å². The lowest BCUT2D eigenvalue weighted by molar-refractivity contribution is -0.147. The van der Waals surface area contributed by atoms with E-state index in [4.69, 9.17) is 10.3 Å². The zero-order valence-electron chi connectivity index (χ0n) is 15.1. The summed E-state index contributed by atoms with van der Waals surface area (Å²) >= 11 is 0. The summed E-state index contributed by atoms with van der Waals surface area (Å²) in [6, 6.07) is 6.86. The summed E-state index contributed by atoms with van der Waals surface area (Å²) in [4.78, 5) is 24.6. The maximum absolute atomic E-state index is 12.9. The second-order valence-electron chi connectivity index (χ2n) is 6.45. The first-order valence-electron chi connectivity index (χ1n) is 8.09. The molecule has 140 valence electrons. The number of benzene rings is 1. The number of nitrogens with two attached hydrogens (primary N) is 1. The summed E-state index contributed by atoms with van der Waals surface area (Å²) in [5.41, 5.74) is 6.85. The molecule has 0 aromatic heterocycles. The van der Waals surface area contributed by atoms with Crippen LogP contribution < -0.4 is 5.73 Å². The number of carboxylic acids is 1. The summed E-state index contributed by atoms with van der Waals surface area (Å²) in [5.74, 6) is -1.93. The van der Waals surface area contributed by atoms with Crippen molar-refractivity contribution in [3.8, 4) is 0 Å². The molecule has 7 nitrogen and oxygen atoms in total. The minimum atomic E-state index is -3.64. The van der Waals surface area contributed by atoms with E-state index in [1.165, 1.54) is 13.8 Å². The van der Waals surface area contributed by atoms with Crippen molar-refractivity contribution in [2.75, 3.05) is 13.8 Å². The monoisotopic (exact) mass is 370 g/mol. The van der Waals surface area contributed by atoms with Crippen molar-refractivity contribution in [3.05, 3.63) is 35.9 Å². The van der Waals surface area contributed by atoms with E-state index in [0.717, 1.165) is 10.2 Å². The van der Waals surface area contributed by atoms with Gasteiger partial charge >= 0.3 is 5.97 Å². The second kappa shape index (κ2) is 9.13. The van der Waals surface area contributed by atoms with Crippen molar-refractivity contribution in [1.82, 2.24) is 4.67 Å². The minimum absolute atomic E-state index is 0.0152. The van der Waals surface area contributed by atoms with Gasteiger partial charge in [-0.25, -0.2) is 4.79 Å². The summed E-state index contributed by atoms with van der Waals surface area (Å²) < 4.78 is 18.6. The van der Waals surface area contributed by atoms with E-state index in [-0.39, 0.29) is 18.8 Å². The van der Waals surface area contributed by atoms with Crippen molar-refractivity contribution in [2.45, 2.75) is 38.8 Å². The summed E-state index contributed by atoms with van der Waals surface area (Å²) in [7, 11) is -2.45. The van der Waals surface area contributed by atoms with Crippen molar-refractivity contribution < 1.29 is 23.8 Å². The number of carbonyl (C=O) groups is 2. The van der Waals surface area contributed by atoms with E-state index < -0.39 is 31.5 Å². The largest absolute Gasteiger partial charge is 0.480 e. The Labute approximate surface area is 148 Å². The molecule has 8 heteroatoms. The van der Waals surface area contributed by atoms with Crippen LogP contribution in [0.1, 0.15) is 25.8 Å². The Balaban J connectivity index is 3.15. The van der Waals surface area contributed by atoms with Gasteiger partial charge in [0.25, 0.3) is 7.52 Å². The van der Waals surface area contributed by atoms with E-state index in [1.807, 2.05) is 44.2 Å². The normalized spacial score (nSPS) is 16.1. The van der Waals surface area contributed by atoms with Gasteiger partial charge < -0.3 is 15.4 Å². The molecular weight excluding hydrogens is 343 g/mol. The molecule has 0 radical (unpaired) electrons. The fourth-order valence-electron chi connectivity index (χ4n) is 2.55. The van der Waals surface area contributed by atoms with Gasteiger partial charge in [-0.15, -0.1) is 0 Å². The third-order valence-corrected chi connectivity index (χ3v) is 5.78. The number of hydrogen-bond donors (Lipinski definition) is 2. The van der Waals surface area contributed by atoms with E-state index in [0.29, 0.717) is 0 Å². The Morgan fingerprint density at radius 1 is 1.28 bits per heavy atom. The summed E-state index contributed by atoms with van der Waals surface area (Å²) in [6.07, 6.45) is 0.369. The fourth-order valence-corrected chi connectivity index (χ4v) is 3.93. The van der Waals surface area contributed by atoms with Crippen molar-refractivity contribution in [2.24, 2.45) is 11.7 Å². The maximum Gasteiger partial charge on any atom is 0.326 e. The van der Waals surface area contributed by atoms with E-state index in [9.17, 15) is 19.3 Å². The zero-order valence-corrected chi connectivity index (χ0v) is 16.0. The zero-order chi connectivity index (χ0) is 19.2. The van der Waals surface area contributed by atoms with Crippen LogP contribution in [0.3, 0.4) is 0 Å². The molecule has 1 unspecified atom stereocenters. The highest BCUT2D eigenvalue weighted by atomic mass is 31.2. The van der Waals surface area contributed by atoms with Crippen LogP contribution in [-0.2, 0) is 25.1 Å². The van der Waals surface area contributed by atoms with Gasteiger partial charge in [0.15, 0.2) is 0 Å². The molecule has 3 N–H and O–H groups in total. The van der Waals surface area contributed by atoms with Crippen LogP contribution >= 0.6 is 7.52 Å². The smallest absolute Gasteiger partial charge is 0.326 e. The quantitative estimate of drug-likeness (QED) is 0.646. The first kappa shape index (κ1) is 21.4. The highest BCUT2D eigenvalue weighted by Crippen LogP contribution is 2.48. The fraction of sp³-hybridized carbons (Fsp3) is 0.529. The molecule has 1 aromatic carbocycles. The van der Waals surface area contributed by atoms with Gasteiger partial charge in [-0.1, -0.05) is 44.2 Å². The molecule has 1 rings (SSSR count). The molecule has 1 amide bonds. The molecule has 0 saturated heterocycles. The average Bonchev–Trinajstić information content (AvgIpc) is 2.54. The van der Waals surface area contributed by atoms with Crippen LogP contribution in [-0.4, -0.2) is 47.5 Å². The lowest BCUT2D eigenvalue weighted by atomic mass is 10.0. The van der Waals surface area contributed by atoms with Crippen molar-refractivity contribution in [1.29, 1.82) is 0 Å². The third kappa shape index (κ3) is 5.96. The number of amides is 1. The van der Waals surface area contributed by atoms with Crippen LogP contribution in [0.4, 0.5) is 0 Å². The van der Waals surface area contributed by atoms with Crippen LogP contribution in [0.5, 0.6) is 0 Å². The van der Waals surface area contributed by atoms with Crippen LogP contribution in [0, 0.1) is 5.92 Å². The SMILES string of the molecule is COP(C)(=O)N(C(=O)[C@@H](N)Cc1ccccc1)[C@@H](CC(C)C)C(=O)O. The molecule has 0 spiro atoms. The first-order valence-corrected chi connectivity index (χ1v) is 10.1. The molecule has 0 fully saturated rings. The molecule has 1 aromatic rings. The Morgan fingerprint density at radius 3 is 2.28 bits per heavy atom. The van der Waals surface area contributed by atoms with Gasteiger partial charge in [0.05, 0.1) is 6.04 Å². The van der Waals surface area contributed by atoms with Crippen LogP contribution in [0.25, 0.3) is 0 Å². The summed E-state index contributed by atoms with van der Waals surface area (Å²) in [5, 5.41) is 9.56. The molecule has 0 aliphatic heterocycles. The molecular formula is C17H27N2O5P. The number of hydrogen-bond acceptors (Lipinski definition) is 5.